The van der Waals surface area contributed by atoms with Crippen molar-refractivity contribution in [3.8, 4) is 0 Å². The first-order valence-corrected chi connectivity index (χ1v) is 6.82. The zero-order valence-corrected chi connectivity index (χ0v) is 11.3. The Morgan fingerprint density at radius 3 is 2.45 bits per heavy atom. The molecule has 0 aliphatic heterocycles. The quantitative estimate of drug-likeness (QED) is 0.666. The summed E-state index contributed by atoms with van der Waals surface area (Å²) in [6.07, 6.45) is 5.81. The molecule has 2 aliphatic carbocycles. The predicted molar refractivity (Wildman–Crippen MR) is 70.4 cm³/mol. The Balaban J connectivity index is 1.73. The molecule has 2 amide bonds. The molecule has 0 bridgehead atoms. The van der Waals surface area contributed by atoms with Crippen LogP contribution in [0.4, 0.5) is 4.79 Å². The Kier molecular flexibility index (Phi) is 2.74. The lowest BCUT2D eigenvalue weighted by molar-refractivity contribution is 0.0690. The number of carboxylic acid groups (broad SMARTS) is 1. The number of H-pyrrole nitrogens is 1. The number of aromatic amines is 1. The van der Waals surface area contributed by atoms with Gasteiger partial charge in [0.05, 0.1) is 11.7 Å². The largest absolute Gasteiger partial charge is 0.477 e. The van der Waals surface area contributed by atoms with Gasteiger partial charge in [0.15, 0.2) is 0 Å². The highest BCUT2D eigenvalue weighted by atomic mass is 16.4. The molecule has 1 heterocycles. The lowest BCUT2D eigenvalue weighted by Crippen LogP contribution is -2.56. The number of urea groups is 1. The second kappa shape index (κ2) is 4.22. The van der Waals surface area contributed by atoms with Crippen LogP contribution in [-0.4, -0.2) is 32.6 Å². The summed E-state index contributed by atoms with van der Waals surface area (Å²) in [5, 5.41) is 14.8. The summed E-state index contributed by atoms with van der Waals surface area (Å²) in [4.78, 5) is 29.8. The molecule has 4 N–H and O–H groups in total. The number of carbonyl (C=O) groups is 2. The second-order valence-corrected chi connectivity index (χ2v) is 6.03. The van der Waals surface area contributed by atoms with Gasteiger partial charge < -0.3 is 20.7 Å². The van der Waals surface area contributed by atoms with Crippen molar-refractivity contribution in [2.75, 3.05) is 0 Å². The first kappa shape index (κ1) is 13.0. The molecule has 7 nitrogen and oxygen atoms in total. The van der Waals surface area contributed by atoms with E-state index in [4.69, 9.17) is 5.11 Å². The minimum atomic E-state index is -1.05. The molecule has 0 unspecified atom stereocenters. The van der Waals surface area contributed by atoms with E-state index in [0.29, 0.717) is 5.82 Å². The second-order valence-electron chi connectivity index (χ2n) is 6.03. The number of amides is 2. The topological polar surface area (TPSA) is 107 Å². The lowest BCUT2D eigenvalue weighted by atomic mass is 9.76. The minimum absolute atomic E-state index is 0.0441. The maximum atomic E-state index is 12.0. The average Bonchev–Trinajstić information content (AvgIpc) is 2.88. The summed E-state index contributed by atoms with van der Waals surface area (Å²) >= 11 is 0. The highest BCUT2D eigenvalue weighted by Gasteiger charge is 2.45. The van der Waals surface area contributed by atoms with Crippen LogP contribution in [0.15, 0.2) is 6.20 Å². The van der Waals surface area contributed by atoms with Gasteiger partial charge in [0.1, 0.15) is 11.5 Å². The van der Waals surface area contributed by atoms with Crippen molar-refractivity contribution in [3.63, 3.8) is 0 Å². The van der Waals surface area contributed by atoms with E-state index in [1.807, 2.05) is 6.92 Å². The molecular weight excluding hydrogens is 260 g/mol. The minimum Gasteiger partial charge on any atom is -0.477 e. The van der Waals surface area contributed by atoms with Crippen molar-refractivity contribution in [3.05, 3.63) is 17.7 Å². The molecule has 2 fully saturated rings. The Bertz CT molecular complexity index is 558. The molecule has 2 saturated carbocycles. The van der Waals surface area contributed by atoms with Gasteiger partial charge in [-0.3, -0.25) is 0 Å². The molecule has 2 aliphatic rings. The van der Waals surface area contributed by atoms with Gasteiger partial charge in [-0.2, -0.15) is 0 Å². The Hall–Kier alpha value is -2.05. The zero-order valence-electron chi connectivity index (χ0n) is 11.3. The van der Waals surface area contributed by atoms with Crippen LogP contribution in [0.5, 0.6) is 0 Å². The van der Waals surface area contributed by atoms with Gasteiger partial charge in [-0.05, 0) is 39.0 Å². The van der Waals surface area contributed by atoms with Crippen LogP contribution in [0.2, 0.25) is 0 Å². The van der Waals surface area contributed by atoms with Gasteiger partial charge in [0.25, 0.3) is 0 Å². The van der Waals surface area contributed by atoms with E-state index in [9.17, 15) is 9.59 Å². The van der Waals surface area contributed by atoms with Crippen molar-refractivity contribution in [1.82, 2.24) is 20.6 Å². The molecule has 3 rings (SSSR count). The molecular formula is C13H18N4O3. The Morgan fingerprint density at radius 2 is 2.00 bits per heavy atom. The van der Waals surface area contributed by atoms with Crippen LogP contribution in [0.3, 0.4) is 0 Å². The summed E-state index contributed by atoms with van der Waals surface area (Å²) in [6.45, 7) is 2.01. The maximum absolute atomic E-state index is 12.0. The maximum Gasteiger partial charge on any atom is 0.353 e. The van der Waals surface area contributed by atoms with E-state index < -0.39 is 11.5 Å². The van der Waals surface area contributed by atoms with Crippen molar-refractivity contribution in [1.29, 1.82) is 0 Å². The molecule has 1 aromatic rings. The van der Waals surface area contributed by atoms with E-state index in [1.165, 1.54) is 6.20 Å². The van der Waals surface area contributed by atoms with E-state index in [2.05, 4.69) is 20.6 Å². The van der Waals surface area contributed by atoms with Crippen molar-refractivity contribution >= 4 is 12.0 Å². The van der Waals surface area contributed by atoms with Crippen LogP contribution in [-0.2, 0) is 5.54 Å². The zero-order chi connectivity index (χ0) is 14.4. The van der Waals surface area contributed by atoms with E-state index in [1.54, 1.807) is 0 Å². The van der Waals surface area contributed by atoms with Gasteiger partial charge >= 0.3 is 12.0 Å². The van der Waals surface area contributed by atoms with Gasteiger partial charge in [0, 0.05) is 5.54 Å². The fourth-order valence-electron chi connectivity index (χ4n) is 2.46. The van der Waals surface area contributed by atoms with E-state index in [-0.39, 0.29) is 17.3 Å². The third-order valence-corrected chi connectivity index (χ3v) is 4.23. The first-order valence-electron chi connectivity index (χ1n) is 6.82. The van der Waals surface area contributed by atoms with Gasteiger partial charge in [-0.1, -0.05) is 0 Å². The van der Waals surface area contributed by atoms with E-state index in [0.717, 1.165) is 32.1 Å². The highest BCUT2D eigenvalue weighted by Crippen LogP contribution is 2.40. The molecule has 20 heavy (non-hydrogen) atoms. The van der Waals surface area contributed by atoms with Gasteiger partial charge in [-0.25, -0.2) is 14.6 Å². The lowest BCUT2D eigenvalue weighted by Gasteiger charge is -2.41. The number of aromatic nitrogens is 2. The predicted octanol–water partition coefficient (Wildman–Crippen LogP) is 1.34. The SMILES string of the molecule is CC1(NC(=O)NC2(c3ncc(C(=O)O)[nH]3)CCC2)CC1. The number of nitrogens with zero attached hydrogens (tertiary/aromatic N) is 1. The van der Waals surface area contributed by atoms with Gasteiger partial charge in [-0.15, -0.1) is 0 Å². The third-order valence-electron chi connectivity index (χ3n) is 4.23. The molecule has 0 spiro atoms. The third kappa shape index (κ3) is 2.23. The number of hydrogen-bond acceptors (Lipinski definition) is 3. The van der Waals surface area contributed by atoms with Crippen LogP contribution >= 0.6 is 0 Å². The Labute approximate surface area is 116 Å². The summed E-state index contributed by atoms with van der Waals surface area (Å²) in [7, 11) is 0. The molecule has 0 atom stereocenters. The first-order chi connectivity index (χ1) is 9.42. The number of nitrogens with one attached hydrogen (secondary N) is 3. The van der Waals surface area contributed by atoms with E-state index >= 15 is 0 Å². The monoisotopic (exact) mass is 278 g/mol. The highest BCUT2D eigenvalue weighted by molar-refractivity contribution is 5.85. The number of hydrogen-bond donors (Lipinski definition) is 4. The molecule has 0 saturated heterocycles. The molecule has 1 aromatic heterocycles. The number of carboxylic acids is 1. The van der Waals surface area contributed by atoms with Crippen LogP contribution < -0.4 is 10.6 Å². The summed E-state index contributed by atoms with van der Waals surface area (Å²) < 4.78 is 0. The smallest absolute Gasteiger partial charge is 0.353 e. The number of imidazole rings is 1. The normalized spacial score (nSPS) is 21.6. The summed E-state index contributed by atoms with van der Waals surface area (Å²) in [6, 6.07) is -0.210. The number of carbonyl (C=O) groups excluding carboxylic acids is 1. The fraction of sp³-hybridized carbons (Fsp3) is 0.615. The average molecular weight is 278 g/mol. The molecule has 0 aromatic carbocycles. The van der Waals surface area contributed by atoms with Crippen molar-refractivity contribution < 1.29 is 14.7 Å². The standard InChI is InChI=1S/C13H18N4O3/c1-12(5-6-12)16-11(20)17-13(3-2-4-13)10-14-7-8(15-10)9(18)19/h7H,2-6H2,1H3,(H,14,15)(H,18,19)(H2,16,17,20). The van der Waals surface area contributed by atoms with Crippen LogP contribution in [0.1, 0.15) is 55.3 Å². The summed E-state index contributed by atoms with van der Waals surface area (Å²) in [5.74, 6) is -0.523. The summed E-state index contributed by atoms with van der Waals surface area (Å²) in [5.41, 5.74) is -0.587. The molecule has 7 heteroatoms. The van der Waals surface area contributed by atoms with Crippen LogP contribution in [0, 0.1) is 0 Å². The van der Waals surface area contributed by atoms with Gasteiger partial charge in [0.2, 0.25) is 0 Å². The van der Waals surface area contributed by atoms with Crippen LogP contribution in [0.25, 0.3) is 0 Å². The fourth-order valence-corrected chi connectivity index (χ4v) is 2.46. The molecule has 108 valence electrons. The number of aromatic carboxylic acids is 1. The Morgan fingerprint density at radius 1 is 1.30 bits per heavy atom. The van der Waals surface area contributed by atoms with Crippen molar-refractivity contribution in [2.45, 2.75) is 50.1 Å². The number of rotatable bonds is 4. The van der Waals surface area contributed by atoms with Crippen molar-refractivity contribution in [2.24, 2.45) is 0 Å². The molecule has 0 radical (unpaired) electrons.